The van der Waals surface area contributed by atoms with Crippen molar-refractivity contribution in [3.05, 3.63) is 328 Å². The van der Waals surface area contributed by atoms with Gasteiger partial charge in [0.1, 0.15) is 63.2 Å². The minimum atomic E-state index is -4.41. The van der Waals surface area contributed by atoms with Crippen LogP contribution >= 0.6 is 31.1 Å². The zero-order valence-electron chi connectivity index (χ0n) is 48.1. The summed E-state index contributed by atoms with van der Waals surface area (Å²) in [5.74, 6) is 2.97. The van der Waals surface area contributed by atoms with Gasteiger partial charge >= 0.3 is 31.1 Å². The van der Waals surface area contributed by atoms with Gasteiger partial charge in [-0.05, 0) is 179 Å². The van der Waals surface area contributed by atoms with Crippen molar-refractivity contribution in [1.82, 2.24) is 0 Å². The molecule has 91 heavy (non-hydrogen) atoms. The number of phosphoric ester groups is 3. The fraction of sp³-hybridized carbons (Fsp3) is 0. The van der Waals surface area contributed by atoms with Gasteiger partial charge in [-0.25, -0.2) is 4.57 Å². The molecule has 452 valence electrons. The second-order valence-corrected chi connectivity index (χ2v) is 26.1. The molecule has 0 amide bonds. The van der Waals surface area contributed by atoms with Crippen molar-refractivity contribution in [3.8, 4) is 96.6 Å². The van der Waals surface area contributed by atoms with Crippen LogP contribution in [-0.4, -0.2) is 0 Å². The molecule has 0 aromatic heterocycles. The minimum Gasteiger partial charge on any atom is -0.413 e. The molecule has 12 aromatic rings. The molecule has 0 radical (unpaired) electrons. The molecule has 3 atom stereocenters. The summed E-state index contributed by atoms with van der Waals surface area (Å²) in [5, 5.41) is 0.409. The molecule has 0 spiro atoms. The first-order valence-corrected chi connectivity index (χ1v) is 34.3. The van der Waals surface area contributed by atoms with Crippen molar-refractivity contribution in [2.24, 2.45) is 0 Å². The number of benzene rings is 12. The van der Waals surface area contributed by atoms with E-state index in [9.17, 15) is 18.3 Å². The molecule has 12 aromatic carbocycles. The van der Waals surface area contributed by atoms with Crippen molar-refractivity contribution in [1.29, 1.82) is 0 Å². The lowest BCUT2D eigenvalue weighted by Crippen LogP contribution is -2.14. The van der Waals surface area contributed by atoms with E-state index < -0.39 is 31.1 Å². The molecule has 12 rings (SSSR count). The molecule has 0 N–H and O–H groups in total. The predicted molar refractivity (Wildman–Crippen MR) is 351 cm³/mol. The van der Waals surface area contributed by atoms with Gasteiger partial charge in [-0.3, -0.25) is 0 Å². The van der Waals surface area contributed by atoms with Gasteiger partial charge in [-0.15, -0.1) is 0 Å². The van der Waals surface area contributed by atoms with Crippen molar-refractivity contribution >= 4 is 36.4 Å². The van der Waals surface area contributed by atoms with Gasteiger partial charge in [0.15, 0.2) is 0 Å². The van der Waals surface area contributed by atoms with Gasteiger partial charge in [0.25, 0.3) is 0 Å². The number of para-hydroxylation sites is 5. The average molecular weight is 1280 g/mol. The van der Waals surface area contributed by atoms with Crippen LogP contribution in [0.3, 0.4) is 0 Å². The van der Waals surface area contributed by atoms with E-state index >= 15 is 0 Å². The van der Waals surface area contributed by atoms with Gasteiger partial charge < -0.3 is 49.8 Å². The van der Waals surface area contributed by atoms with E-state index in [-0.39, 0.29) is 40.2 Å². The summed E-state index contributed by atoms with van der Waals surface area (Å²) in [7, 11) is -16.8. The van der Waals surface area contributed by atoms with E-state index in [1.54, 1.807) is 291 Å². The van der Waals surface area contributed by atoms with Gasteiger partial charge in [0.05, 0.1) is 5.30 Å². The Kier molecular flexibility index (Phi) is 18.5. The fourth-order valence-electron chi connectivity index (χ4n) is 9.00. The summed E-state index contributed by atoms with van der Waals surface area (Å²) >= 11 is 0. The summed E-state index contributed by atoms with van der Waals surface area (Å²) < 4.78 is 123. The number of hydrogen-bond donors (Lipinski definition) is 0. The highest BCUT2D eigenvalue weighted by molar-refractivity contribution is 7.63. The van der Waals surface area contributed by atoms with E-state index in [1.807, 2.05) is 36.4 Å². The normalized spacial score (nSPS) is 13.1. The third-order valence-electron chi connectivity index (χ3n) is 13.3. The van der Waals surface area contributed by atoms with Crippen LogP contribution in [0, 0.1) is 0 Å². The van der Waals surface area contributed by atoms with Crippen LogP contribution in [0.25, 0.3) is 33.4 Å². The lowest BCUT2D eigenvalue weighted by molar-refractivity contribution is 0.296. The standard InChI is InChI=1S/C72H54O15P4/c73-88(72-29-17-6-18-30-72,77-61-19-7-1-8-20-61)78-66-43-31-55(32-44-66)56-33-47-68(48-34-56)84-90(75,81-64-25-13-4-14-26-64)85-70-51-39-59(40-52-70)60-41-53-71(54-42-60)87-91(76,82-65-27-15-5-16-28-65)86-69-49-37-58(38-50-69)57-35-45-67(46-36-57)83-89(74,79-62-21-9-2-10-22-62)80-63-23-11-3-12-24-63/h1-54H. The minimum absolute atomic E-state index is 0.198. The summed E-state index contributed by atoms with van der Waals surface area (Å²) in [4.78, 5) is 0. The Hall–Kier alpha value is -10.6. The summed E-state index contributed by atoms with van der Waals surface area (Å²) in [5.41, 5.74) is 4.70. The maximum atomic E-state index is 14.6. The van der Waals surface area contributed by atoms with Gasteiger partial charge in [-0.1, -0.05) is 182 Å². The Morgan fingerprint density at radius 3 is 0.484 bits per heavy atom. The number of phosphoric acid groups is 3. The van der Waals surface area contributed by atoms with Gasteiger partial charge in [0, 0.05) is 0 Å². The van der Waals surface area contributed by atoms with E-state index in [2.05, 4.69) is 0 Å². The van der Waals surface area contributed by atoms with Crippen LogP contribution in [-0.2, 0) is 18.3 Å². The summed E-state index contributed by atoms with van der Waals surface area (Å²) in [6.45, 7) is 0. The third-order valence-corrected chi connectivity index (χ3v) is 19.1. The molecule has 0 fully saturated rings. The van der Waals surface area contributed by atoms with Gasteiger partial charge in [-0.2, -0.15) is 13.7 Å². The molecule has 19 heteroatoms. The Morgan fingerprint density at radius 1 is 0.154 bits per heavy atom. The van der Waals surface area contributed by atoms with Crippen LogP contribution in [0.1, 0.15) is 0 Å². The molecule has 0 heterocycles. The highest BCUT2D eigenvalue weighted by Crippen LogP contribution is 2.54. The largest absolute Gasteiger partial charge is 0.647 e. The van der Waals surface area contributed by atoms with Crippen molar-refractivity contribution < 1.29 is 68.0 Å². The predicted octanol–water partition coefficient (Wildman–Crippen LogP) is 20.6. The van der Waals surface area contributed by atoms with Crippen molar-refractivity contribution in [2.45, 2.75) is 0 Å². The molecule has 0 aliphatic carbocycles. The molecule has 3 unspecified atom stereocenters. The second-order valence-electron chi connectivity index (χ2n) is 19.9. The van der Waals surface area contributed by atoms with E-state index in [0.29, 0.717) is 28.3 Å². The average Bonchev–Trinajstić information content (AvgIpc) is 1.45. The van der Waals surface area contributed by atoms with Crippen LogP contribution < -0.4 is 55.1 Å². The summed E-state index contributed by atoms with van der Waals surface area (Å²) in [6, 6.07) is 93.4. The Morgan fingerprint density at radius 2 is 0.297 bits per heavy atom. The smallest absolute Gasteiger partial charge is 0.413 e. The van der Waals surface area contributed by atoms with Crippen molar-refractivity contribution in [3.63, 3.8) is 0 Å². The first-order chi connectivity index (χ1) is 44.4. The number of hydrogen-bond acceptors (Lipinski definition) is 15. The molecular weight excluding hydrogens is 1230 g/mol. The molecule has 15 nitrogen and oxygen atoms in total. The Balaban J connectivity index is 0.694. The zero-order valence-corrected chi connectivity index (χ0v) is 51.7. The first-order valence-electron chi connectivity index (χ1n) is 28.3. The van der Waals surface area contributed by atoms with E-state index in [1.165, 1.54) is 0 Å². The molecule has 0 saturated heterocycles. The monoisotopic (exact) mass is 1280 g/mol. The first kappa shape index (κ1) is 60.6. The van der Waals surface area contributed by atoms with Gasteiger partial charge in [0.2, 0.25) is 0 Å². The third kappa shape index (κ3) is 16.4. The maximum absolute atomic E-state index is 14.6. The number of rotatable bonds is 26. The Bertz CT molecular complexity index is 4460. The quantitative estimate of drug-likeness (QED) is 0.0469. The molecule has 0 aliphatic heterocycles. The molecular formula is C72H54O15P4. The zero-order chi connectivity index (χ0) is 62.4. The molecule has 0 aliphatic rings. The maximum Gasteiger partial charge on any atom is 0.647 e. The van der Waals surface area contributed by atoms with Crippen LogP contribution in [0.15, 0.2) is 328 Å². The van der Waals surface area contributed by atoms with Crippen LogP contribution in [0.2, 0.25) is 0 Å². The molecule has 0 bridgehead atoms. The van der Waals surface area contributed by atoms with Crippen molar-refractivity contribution in [2.75, 3.05) is 0 Å². The highest BCUT2D eigenvalue weighted by atomic mass is 31.2. The lowest BCUT2D eigenvalue weighted by atomic mass is 10.1. The topological polar surface area (TPSA) is 170 Å². The van der Waals surface area contributed by atoms with E-state index in [0.717, 1.165) is 33.4 Å². The van der Waals surface area contributed by atoms with Crippen LogP contribution in [0.5, 0.6) is 63.2 Å². The van der Waals surface area contributed by atoms with Crippen LogP contribution in [0.4, 0.5) is 0 Å². The lowest BCUT2D eigenvalue weighted by Gasteiger charge is -2.20. The second kappa shape index (κ2) is 27.8. The highest BCUT2D eigenvalue weighted by Gasteiger charge is 2.36. The Labute approximate surface area is 525 Å². The summed E-state index contributed by atoms with van der Waals surface area (Å²) in [6.07, 6.45) is 0. The fourth-order valence-corrected chi connectivity index (χ4v) is 14.3. The molecule has 0 saturated carbocycles. The SMILES string of the molecule is O=P(Oc1ccccc1)(Oc1ccccc1)Oc1ccc(-c2ccc(OP(=O)(Oc3ccccc3)Oc3ccc(-c4ccc(OP(=O)(Oc5ccccc5)Oc5ccc(-c6ccc(OP(=O)(Oc7ccccc7)c7ccccc7)cc6)cc5)cc4)cc3)cc2)cc1. The van der Waals surface area contributed by atoms with E-state index in [4.69, 9.17) is 49.8 Å².